The van der Waals surface area contributed by atoms with E-state index in [1.807, 2.05) is 12.1 Å². The molecule has 0 heterocycles. The zero-order valence-corrected chi connectivity index (χ0v) is 19.8. The highest BCUT2D eigenvalue weighted by atomic mass is 16.3. The first-order chi connectivity index (χ1) is 13.9. The summed E-state index contributed by atoms with van der Waals surface area (Å²) in [6.07, 6.45) is 8.49. The molecule has 0 amide bonds. The van der Waals surface area contributed by atoms with Crippen LogP contribution in [0.25, 0.3) is 0 Å². The number of rotatable bonds is 2. The SMILES string of the molecule is CC(C)(C)c1cc(C2(c3ccc(O)c(C(C)(C)C)c3)CCCCCCC2)ccc1O. The van der Waals surface area contributed by atoms with Crippen LogP contribution in [-0.4, -0.2) is 10.2 Å². The summed E-state index contributed by atoms with van der Waals surface area (Å²) in [6, 6.07) is 12.6. The van der Waals surface area contributed by atoms with Crippen molar-refractivity contribution in [3.63, 3.8) is 0 Å². The minimum absolute atomic E-state index is 0.0815. The van der Waals surface area contributed by atoms with E-state index < -0.39 is 0 Å². The van der Waals surface area contributed by atoms with Gasteiger partial charge in [0.25, 0.3) is 0 Å². The number of benzene rings is 2. The van der Waals surface area contributed by atoms with E-state index in [9.17, 15) is 10.2 Å². The maximum atomic E-state index is 10.6. The molecule has 1 aliphatic rings. The first kappa shape index (κ1) is 22.7. The third-order valence-electron chi connectivity index (χ3n) is 6.92. The predicted octanol–water partition coefficient (Wildman–Crippen LogP) is 7.72. The van der Waals surface area contributed by atoms with E-state index in [-0.39, 0.29) is 16.2 Å². The Kier molecular flexibility index (Phi) is 6.28. The highest BCUT2D eigenvalue weighted by Gasteiger charge is 2.36. The lowest BCUT2D eigenvalue weighted by Crippen LogP contribution is -2.30. The Bertz CT molecular complexity index is 807. The second-order valence-corrected chi connectivity index (χ2v) is 11.3. The standard InChI is InChI=1S/C28H40O2/c1-26(2,3)22-18-20(12-14-24(22)29)28(16-10-8-7-9-11-17-28)21-13-15-25(30)23(19-21)27(4,5)6/h12-15,18-19,29-30H,7-11,16-17H2,1-6H3. The third-order valence-corrected chi connectivity index (χ3v) is 6.92. The summed E-state index contributed by atoms with van der Waals surface area (Å²) < 4.78 is 0. The van der Waals surface area contributed by atoms with Crippen molar-refractivity contribution in [1.29, 1.82) is 0 Å². The molecule has 0 atom stereocenters. The highest BCUT2D eigenvalue weighted by molar-refractivity contribution is 5.50. The summed E-state index contributed by atoms with van der Waals surface area (Å²) in [5.74, 6) is 0.765. The van der Waals surface area contributed by atoms with E-state index in [0.717, 1.165) is 24.0 Å². The van der Waals surface area contributed by atoms with Gasteiger partial charge in [0, 0.05) is 5.41 Å². The van der Waals surface area contributed by atoms with Crippen molar-refractivity contribution >= 4 is 0 Å². The maximum Gasteiger partial charge on any atom is 0.119 e. The van der Waals surface area contributed by atoms with Crippen LogP contribution in [0.3, 0.4) is 0 Å². The number of hydrogen-bond acceptors (Lipinski definition) is 2. The minimum atomic E-state index is -0.117. The normalized spacial score (nSPS) is 17.9. The van der Waals surface area contributed by atoms with Crippen molar-refractivity contribution < 1.29 is 10.2 Å². The van der Waals surface area contributed by atoms with E-state index in [0.29, 0.717) is 11.5 Å². The van der Waals surface area contributed by atoms with Crippen molar-refractivity contribution in [2.45, 2.75) is 103 Å². The maximum absolute atomic E-state index is 10.6. The predicted molar refractivity (Wildman–Crippen MR) is 127 cm³/mol. The lowest BCUT2D eigenvalue weighted by Gasteiger charge is -2.39. The van der Waals surface area contributed by atoms with Crippen LogP contribution in [0.2, 0.25) is 0 Å². The lowest BCUT2D eigenvalue weighted by molar-refractivity contribution is 0.363. The molecule has 1 aliphatic carbocycles. The van der Waals surface area contributed by atoms with Crippen LogP contribution in [0.5, 0.6) is 11.5 Å². The molecule has 0 spiro atoms. The van der Waals surface area contributed by atoms with Gasteiger partial charge in [0.1, 0.15) is 11.5 Å². The van der Waals surface area contributed by atoms with Gasteiger partial charge in [-0.1, -0.05) is 97.9 Å². The Morgan fingerprint density at radius 1 is 0.600 bits per heavy atom. The lowest BCUT2D eigenvalue weighted by atomic mass is 9.65. The van der Waals surface area contributed by atoms with Crippen molar-refractivity contribution in [3.05, 3.63) is 58.7 Å². The van der Waals surface area contributed by atoms with Gasteiger partial charge in [-0.3, -0.25) is 0 Å². The van der Waals surface area contributed by atoms with E-state index in [2.05, 4.69) is 65.8 Å². The van der Waals surface area contributed by atoms with Crippen molar-refractivity contribution in [1.82, 2.24) is 0 Å². The molecule has 1 saturated carbocycles. The number of aromatic hydroxyl groups is 2. The molecule has 1 fully saturated rings. The molecular weight excluding hydrogens is 368 g/mol. The van der Waals surface area contributed by atoms with E-state index >= 15 is 0 Å². The quantitative estimate of drug-likeness (QED) is 0.534. The van der Waals surface area contributed by atoms with Gasteiger partial charge >= 0.3 is 0 Å². The molecule has 2 aromatic carbocycles. The van der Waals surface area contributed by atoms with Gasteiger partial charge in [-0.25, -0.2) is 0 Å². The Balaban J connectivity index is 2.24. The molecule has 0 radical (unpaired) electrons. The van der Waals surface area contributed by atoms with Crippen molar-refractivity contribution in [2.75, 3.05) is 0 Å². The summed E-state index contributed by atoms with van der Waals surface area (Å²) in [6.45, 7) is 13.0. The summed E-state index contributed by atoms with van der Waals surface area (Å²) in [4.78, 5) is 0. The molecule has 164 valence electrons. The largest absolute Gasteiger partial charge is 0.508 e. The van der Waals surface area contributed by atoms with Gasteiger partial charge in [-0.2, -0.15) is 0 Å². The fourth-order valence-electron chi connectivity index (χ4n) is 5.12. The van der Waals surface area contributed by atoms with Crippen LogP contribution in [-0.2, 0) is 16.2 Å². The Morgan fingerprint density at radius 2 is 0.967 bits per heavy atom. The van der Waals surface area contributed by atoms with Crippen LogP contribution in [0.15, 0.2) is 36.4 Å². The van der Waals surface area contributed by atoms with E-state index in [1.54, 1.807) is 0 Å². The molecule has 2 nitrogen and oxygen atoms in total. The first-order valence-corrected chi connectivity index (χ1v) is 11.6. The molecular formula is C28H40O2. The molecule has 2 N–H and O–H groups in total. The summed E-state index contributed by atoms with van der Waals surface area (Å²) in [7, 11) is 0. The van der Waals surface area contributed by atoms with Crippen molar-refractivity contribution in [3.8, 4) is 11.5 Å². The van der Waals surface area contributed by atoms with Crippen LogP contribution in [0, 0.1) is 0 Å². The molecule has 0 bridgehead atoms. The third kappa shape index (κ3) is 4.53. The average Bonchev–Trinajstić information content (AvgIpc) is 2.61. The zero-order chi connectivity index (χ0) is 22.2. The Morgan fingerprint density at radius 3 is 1.33 bits per heavy atom. The van der Waals surface area contributed by atoms with Gasteiger partial charge < -0.3 is 10.2 Å². The monoisotopic (exact) mass is 408 g/mol. The number of phenolic OH excluding ortho intramolecular Hbond substituents is 2. The van der Waals surface area contributed by atoms with Crippen molar-refractivity contribution in [2.24, 2.45) is 0 Å². The van der Waals surface area contributed by atoms with Crippen LogP contribution >= 0.6 is 0 Å². The fraction of sp³-hybridized carbons (Fsp3) is 0.571. The average molecular weight is 409 g/mol. The molecule has 2 heteroatoms. The Hall–Kier alpha value is -1.96. The highest BCUT2D eigenvalue weighted by Crippen LogP contribution is 2.47. The van der Waals surface area contributed by atoms with E-state index in [4.69, 9.17) is 0 Å². The van der Waals surface area contributed by atoms with Crippen LogP contribution in [0.1, 0.15) is 109 Å². The van der Waals surface area contributed by atoms with Gasteiger partial charge in [0.15, 0.2) is 0 Å². The molecule has 30 heavy (non-hydrogen) atoms. The number of hydrogen-bond donors (Lipinski definition) is 2. The van der Waals surface area contributed by atoms with Gasteiger partial charge in [-0.15, -0.1) is 0 Å². The fourth-order valence-corrected chi connectivity index (χ4v) is 5.12. The molecule has 0 aromatic heterocycles. The van der Waals surface area contributed by atoms with E-state index in [1.165, 1.54) is 43.2 Å². The molecule has 0 saturated heterocycles. The zero-order valence-electron chi connectivity index (χ0n) is 19.8. The second-order valence-electron chi connectivity index (χ2n) is 11.3. The smallest absolute Gasteiger partial charge is 0.119 e. The molecule has 2 aromatic rings. The van der Waals surface area contributed by atoms with Gasteiger partial charge in [0.2, 0.25) is 0 Å². The number of phenols is 2. The summed E-state index contributed by atoms with van der Waals surface area (Å²) in [5, 5.41) is 21.2. The van der Waals surface area contributed by atoms with Gasteiger partial charge in [0.05, 0.1) is 0 Å². The second kappa shape index (κ2) is 8.29. The Labute approximate surface area is 183 Å². The molecule has 0 aliphatic heterocycles. The topological polar surface area (TPSA) is 40.5 Å². The van der Waals surface area contributed by atoms with Gasteiger partial charge in [-0.05, 0) is 58.1 Å². The first-order valence-electron chi connectivity index (χ1n) is 11.6. The molecule has 3 rings (SSSR count). The summed E-state index contributed by atoms with van der Waals surface area (Å²) >= 11 is 0. The van der Waals surface area contributed by atoms with Crippen LogP contribution in [0.4, 0.5) is 0 Å². The van der Waals surface area contributed by atoms with Crippen LogP contribution < -0.4 is 0 Å². The summed E-state index contributed by atoms with van der Waals surface area (Å²) in [5.41, 5.74) is 4.31. The minimum Gasteiger partial charge on any atom is -0.508 e. The molecule has 0 unspecified atom stereocenters.